The van der Waals surface area contributed by atoms with Crippen LogP contribution in [-0.4, -0.2) is 41.6 Å². The van der Waals surface area contributed by atoms with Gasteiger partial charge in [0.15, 0.2) is 0 Å². The van der Waals surface area contributed by atoms with Crippen molar-refractivity contribution in [2.45, 2.75) is 31.6 Å². The molecule has 0 radical (unpaired) electrons. The Labute approximate surface area is 123 Å². The molecular weight excluding hydrogens is 270 g/mol. The smallest absolute Gasteiger partial charge is 0.302 e. The minimum Gasteiger partial charge on any atom is -0.478 e. The quantitative estimate of drug-likeness (QED) is 0.481. The predicted octanol–water partition coefficient (Wildman–Crippen LogP) is 1.54. The van der Waals surface area contributed by atoms with Crippen LogP contribution in [0.2, 0.25) is 0 Å². The van der Waals surface area contributed by atoms with Crippen LogP contribution in [0.5, 0.6) is 5.75 Å². The monoisotopic (exact) mass is 287 g/mol. The normalized spacial score (nSPS) is 27.4. The van der Waals surface area contributed by atoms with E-state index < -0.39 is 6.10 Å². The third kappa shape index (κ3) is 2.63. The van der Waals surface area contributed by atoms with E-state index in [0.717, 1.165) is 0 Å². The Kier molecular flexibility index (Phi) is 3.64. The van der Waals surface area contributed by atoms with Crippen molar-refractivity contribution >= 4 is 11.9 Å². The van der Waals surface area contributed by atoms with Crippen molar-refractivity contribution < 1.29 is 19.1 Å². The summed E-state index contributed by atoms with van der Waals surface area (Å²) in [6, 6.07) is 9.00. The first kappa shape index (κ1) is 13.7. The molecule has 21 heavy (non-hydrogen) atoms. The number of ether oxygens (including phenoxy) is 2. The average Bonchev–Trinajstić information content (AvgIpc) is 2.65. The third-order valence-corrected chi connectivity index (χ3v) is 3.74. The fraction of sp³-hybridized carbons (Fsp3) is 0.375. The summed E-state index contributed by atoms with van der Waals surface area (Å²) in [5, 5.41) is 0. The van der Waals surface area contributed by atoms with Gasteiger partial charge in [-0.25, -0.2) is 0 Å². The molecule has 1 aromatic carbocycles. The molecule has 1 saturated heterocycles. The lowest BCUT2D eigenvalue weighted by molar-refractivity contribution is -0.179. The van der Waals surface area contributed by atoms with Gasteiger partial charge < -0.3 is 14.4 Å². The van der Waals surface area contributed by atoms with E-state index in [1.165, 1.54) is 6.92 Å². The van der Waals surface area contributed by atoms with Crippen LogP contribution >= 0.6 is 0 Å². The second-order valence-electron chi connectivity index (χ2n) is 5.19. The Bertz CT molecular complexity index is 569. The van der Waals surface area contributed by atoms with Gasteiger partial charge in [-0.2, -0.15) is 0 Å². The summed E-state index contributed by atoms with van der Waals surface area (Å²) in [5.41, 5.74) is 0. The minimum absolute atomic E-state index is 0.0624. The maximum absolute atomic E-state index is 12.2. The zero-order valence-electron chi connectivity index (χ0n) is 11.8. The van der Waals surface area contributed by atoms with Crippen molar-refractivity contribution in [1.82, 2.24) is 4.90 Å². The van der Waals surface area contributed by atoms with Crippen LogP contribution in [0, 0.1) is 0 Å². The Morgan fingerprint density at radius 1 is 1.24 bits per heavy atom. The molecule has 2 aliphatic heterocycles. The van der Waals surface area contributed by atoms with E-state index in [1.807, 2.05) is 42.5 Å². The number of hydrogen-bond donors (Lipinski definition) is 0. The molecule has 110 valence electrons. The Morgan fingerprint density at radius 3 is 2.71 bits per heavy atom. The summed E-state index contributed by atoms with van der Waals surface area (Å²) in [6.45, 7) is 1.92. The molecular formula is C16H17NO4. The van der Waals surface area contributed by atoms with Gasteiger partial charge in [-0.05, 0) is 12.1 Å². The van der Waals surface area contributed by atoms with Crippen molar-refractivity contribution in [3.8, 4) is 5.75 Å². The summed E-state index contributed by atoms with van der Waals surface area (Å²) in [7, 11) is 0. The predicted molar refractivity (Wildman–Crippen MR) is 75.7 cm³/mol. The number of amides is 1. The molecule has 5 heteroatoms. The van der Waals surface area contributed by atoms with Crippen molar-refractivity contribution in [2.75, 3.05) is 6.54 Å². The van der Waals surface area contributed by atoms with Crippen LogP contribution in [0.3, 0.4) is 0 Å². The number of esters is 1. The number of para-hydroxylation sites is 1. The number of nitrogens with zero attached hydrogens (tertiary/aromatic N) is 1. The van der Waals surface area contributed by atoms with E-state index in [2.05, 4.69) is 0 Å². The van der Waals surface area contributed by atoms with Gasteiger partial charge in [-0.1, -0.05) is 30.4 Å². The van der Waals surface area contributed by atoms with E-state index in [-0.39, 0.29) is 24.0 Å². The molecule has 1 aromatic rings. The molecule has 0 bridgehead atoms. The van der Waals surface area contributed by atoms with Gasteiger partial charge in [0.2, 0.25) is 6.10 Å². The van der Waals surface area contributed by atoms with E-state index in [9.17, 15) is 9.59 Å². The molecule has 0 N–H and O–H groups in total. The average molecular weight is 287 g/mol. The lowest BCUT2D eigenvalue weighted by atomic mass is 9.91. The lowest BCUT2D eigenvalue weighted by Gasteiger charge is -2.47. The van der Waals surface area contributed by atoms with Crippen LogP contribution in [0.25, 0.3) is 0 Å². The summed E-state index contributed by atoms with van der Waals surface area (Å²) in [4.78, 5) is 25.2. The van der Waals surface area contributed by atoms with E-state index in [1.54, 1.807) is 4.90 Å². The topological polar surface area (TPSA) is 55.8 Å². The van der Waals surface area contributed by atoms with Gasteiger partial charge in [0.1, 0.15) is 17.9 Å². The van der Waals surface area contributed by atoms with E-state index in [4.69, 9.17) is 9.47 Å². The Balaban J connectivity index is 1.78. The van der Waals surface area contributed by atoms with Gasteiger partial charge >= 0.3 is 5.97 Å². The number of carbonyl (C=O) groups is 2. The highest BCUT2D eigenvalue weighted by molar-refractivity contribution is 5.89. The van der Waals surface area contributed by atoms with E-state index in [0.29, 0.717) is 18.7 Å². The highest BCUT2D eigenvalue weighted by Gasteiger charge is 2.54. The van der Waals surface area contributed by atoms with Gasteiger partial charge in [-0.15, -0.1) is 0 Å². The van der Waals surface area contributed by atoms with Gasteiger partial charge in [-0.3, -0.25) is 9.59 Å². The van der Waals surface area contributed by atoms with Crippen molar-refractivity contribution in [3.05, 3.63) is 42.5 Å². The molecule has 0 unspecified atom stereocenters. The molecule has 0 aliphatic carbocycles. The van der Waals surface area contributed by atoms with Crippen LogP contribution < -0.4 is 4.74 Å². The first-order valence-corrected chi connectivity index (χ1v) is 7.01. The second-order valence-corrected chi connectivity index (χ2v) is 5.19. The standard InChI is InChI=1S/C16H17NO4/c1-11(18)20-13-9-5-6-10-17-14(13)15(16(17)19)21-12-7-3-2-4-8-12/h2-8,13-15H,9-10H2,1H3/t13-,14-,15+/m0/s1. The fourth-order valence-corrected chi connectivity index (χ4v) is 2.80. The Morgan fingerprint density at radius 2 is 2.00 bits per heavy atom. The number of fused-ring (bicyclic) bond motifs is 1. The molecule has 2 aliphatic rings. The number of carbonyl (C=O) groups excluding carboxylic acids is 2. The summed E-state index contributed by atoms with van der Waals surface area (Å²) in [5.74, 6) is 0.245. The van der Waals surface area contributed by atoms with Crippen LogP contribution in [0.1, 0.15) is 13.3 Å². The lowest BCUT2D eigenvalue weighted by Crippen LogP contribution is -2.70. The van der Waals surface area contributed by atoms with Crippen LogP contribution in [0.4, 0.5) is 0 Å². The maximum Gasteiger partial charge on any atom is 0.302 e. The van der Waals surface area contributed by atoms with Gasteiger partial charge in [0.05, 0.1) is 0 Å². The highest BCUT2D eigenvalue weighted by atomic mass is 16.6. The fourth-order valence-electron chi connectivity index (χ4n) is 2.80. The number of β-lactam (4-membered cyclic amide) rings is 1. The summed E-state index contributed by atoms with van der Waals surface area (Å²) >= 11 is 0. The van der Waals surface area contributed by atoms with Crippen LogP contribution in [0.15, 0.2) is 42.5 Å². The molecule has 0 spiro atoms. The molecule has 3 rings (SSSR count). The van der Waals surface area contributed by atoms with Crippen molar-refractivity contribution in [2.24, 2.45) is 0 Å². The van der Waals surface area contributed by atoms with Crippen molar-refractivity contribution in [1.29, 1.82) is 0 Å². The van der Waals surface area contributed by atoms with Crippen molar-refractivity contribution in [3.63, 3.8) is 0 Å². The molecule has 1 fully saturated rings. The summed E-state index contributed by atoms with van der Waals surface area (Å²) < 4.78 is 11.1. The van der Waals surface area contributed by atoms with Gasteiger partial charge in [0.25, 0.3) is 5.91 Å². The number of hydrogen-bond acceptors (Lipinski definition) is 4. The maximum atomic E-state index is 12.2. The molecule has 0 saturated carbocycles. The molecule has 3 atom stereocenters. The molecule has 0 aromatic heterocycles. The molecule has 5 nitrogen and oxygen atoms in total. The number of benzene rings is 1. The SMILES string of the molecule is CC(=O)O[C@H]1CC=CCN2C(=O)[C@H](Oc3ccccc3)[C@H]12. The Hall–Kier alpha value is -2.30. The third-order valence-electron chi connectivity index (χ3n) is 3.74. The minimum atomic E-state index is -0.586. The van der Waals surface area contributed by atoms with Crippen LogP contribution in [-0.2, 0) is 14.3 Å². The summed E-state index contributed by atoms with van der Waals surface area (Å²) in [6.07, 6.45) is 3.53. The zero-order valence-corrected chi connectivity index (χ0v) is 11.8. The first-order valence-electron chi connectivity index (χ1n) is 7.01. The molecule has 1 amide bonds. The van der Waals surface area contributed by atoms with E-state index >= 15 is 0 Å². The largest absolute Gasteiger partial charge is 0.478 e. The first-order chi connectivity index (χ1) is 10.2. The highest BCUT2D eigenvalue weighted by Crippen LogP contribution is 2.32. The zero-order chi connectivity index (χ0) is 14.8. The molecule has 2 heterocycles. The second kappa shape index (κ2) is 5.60. The van der Waals surface area contributed by atoms with Gasteiger partial charge in [0, 0.05) is 19.9 Å². The number of rotatable bonds is 3.